The SMILES string of the molecule is c1ccc(-c2nc(-c3ccc(-c4cccc5ccccc45)cc3)nc(-c3cccc(-c4cccc5sc6ccccc6c45)c3)n2)cc1. The van der Waals surface area contributed by atoms with E-state index in [2.05, 4.69) is 133 Å². The number of hydrogen-bond donors (Lipinski definition) is 0. The Kier molecular flexibility index (Phi) is 6.65. The van der Waals surface area contributed by atoms with E-state index >= 15 is 0 Å². The van der Waals surface area contributed by atoms with E-state index in [4.69, 9.17) is 15.0 Å². The van der Waals surface area contributed by atoms with Gasteiger partial charge in [0.15, 0.2) is 17.5 Å². The molecule has 9 aromatic rings. The van der Waals surface area contributed by atoms with E-state index < -0.39 is 0 Å². The highest BCUT2D eigenvalue weighted by atomic mass is 32.1. The first-order chi connectivity index (χ1) is 23.3. The van der Waals surface area contributed by atoms with Crippen molar-refractivity contribution in [2.24, 2.45) is 0 Å². The van der Waals surface area contributed by atoms with Gasteiger partial charge in [0.2, 0.25) is 0 Å². The van der Waals surface area contributed by atoms with Crippen LogP contribution in [0.2, 0.25) is 0 Å². The minimum Gasteiger partial charge on any atom is -0.208 e. The summed E-state index contributed by atoms with van der Waals surface area (Å²) in [4.78, 5) is 15.1. The molecule has 7 aromatic carbocycles. The zero-order chi connectivity index (χ0) is 31.2. The van der Waals surface area contributed by atoms with Crippen LogP contribution in [0.3, 0.4) is 0 Å². The number of nitrogens with zero attached hydrogens (tertiary/aromatic N) is 3. The van der Waals surface area contributed by atoms with Crippen LogP contribution in [-0.2, 0) is 0 Å². The van der Waals surface area contributed by atoms with E-state index in [1.165, 1.54) is 42.1 Å². The van der Waals surface area contributed by atoms with Gasteiger partial charge in [0.25, 0.3) is 0 Å². The molecule has 2 aromatic heterocycles. The van der Waals surface area contributed by atoms with Crippen molar-refractivity contribution in [2.75, 3.05) is 0 Å². The molecule has 0 aliphatic heterocycles. The smallest absolute Gasteiger partial charge is 0.164 e. The third-order valence-corrected chi connectivity index (χ3v) is 9.88. The molecule has 0 radical (unpaired) electrons. The van der Waals surface area contributed by atoms with E-state index in [0.29, 0.717) is 17.5 Å². The maximum atomic E-state index is 5.07. The summed E-state index contributed by atoms with van der Waals surface area (Å²) in [6.07, 6.45) is 0. The predicted molar refractivity (Wildman–Crippen MR) is 197 cm³/mol. The molecule has 0 spiro atoms. The van der Waals surface area contributed by atoms with Crippen LogP contribution in [0, 0.1) is 0 Å². The summed E-state index contributed by atoms with van der Waals surface area (Å²) in [6, 6.07) is 57.5. The quantitative estimate of drug-likeness (QED) is 0.193. The van der Waals surface area contributed by atoms with Gasteiger partial charge in [-0.2, -0.15) is 0 Å². The van der Waals surface area contributed by atoms with E-state index in [1.54, 1.807) is 0 Å². The minimum atomic E-state index is 0.648. The Bertz CT molecular complexity index is 2560. The monoisotopic (exact) mass is 617 g/mol. The zero-order valence-corrected chi connectivity index (χ0v) is 26.2. The average molecular weight is 618 g/mol. The van der Waals surface area contributed by atoms with Crippen molar-refractivity contribution in [2.45, 2.75) is 0 Å². The molecule has 4 heteroatoms. The van der Waals surface area contributed by atoms with Crippen LogP contribution in [0.4, 0.5) is 0 Å². The fourth-order valence-electron chi connectivity index (χ4n) is 6.47. The van der Waals surface area contributed by atoms with Crippen molar-refractivity contribution in [1.82, 2.24) is 15.0 Å². The van der Waals surface area contributed by atoms with Gasteiger partial charge >= 0.3 is 0 Å². The molecule has 0 bridgehead atoms. The lowest BCUT2D eigenvalue weighted by Gasteiger charge is -2.11. The molecular weight excluding hydrogens is 591 g/mol. The van der Waals surface area contributed by atoms with E-state index in [9.17, 15) is 0 Å². The first-order valence-electron chi connectivity index (χ1n) is 15.7. The molecule has 0 aliphatic carbocycles. The van der Waals surface area contributed by atoms with Gasteiger partial charge in [-0.15, -0.1) is 11.3 Å². The van der Waals surface area contributed by atoms with Crippen LogP contribution in [0.5, 0.6) is 0 Å². The standard InChI is InChI=1S/C43H27N3S/c1-2-12-30(13-3-1)41-44-42(31-25-23-29(24-26-31)35-19-9-14-28-11-4-5-17-34(28)35)46-43(45-41)33-16-8-15-32(27-33)36-20-10-22-39-40(36)37-18-6-7-21-38(37)47-39/h1-27H. The van der Waals surface area contributed by atoms with Gasteiger partial charge in [-0.05, 0) is 51.2 Å². The van der Waals surface area contributed by atoms with Crippen molar-refractivity contribution < 1.29 is 0 Å². The Morgan fingerprint density at radius 2 is 0.872 bits per heavy atom. The molecule has 9 rings (SSSR count). The fourth-order valence-corrected chi connectivity index (χ4v) is 7.60. The number of hydrogen-bond acceptors (Lipinski definition) is 4. The molecule has 0 fully saturated rings. The van der Waals surface area contributed by atoms with Gasteiger partial charge in [0.1, 0.15) is 0 Å². The summed E-state index contributed by atoms with van der Waals surface area (Å²) in [5, 5.41) is 5.05. The van der Waals surface area contributed by atoms with E-state index in [0.717, 1.165) is 27.8 Å². The molecule has 47 heavy (non-hydrogen) atoms. The van der Waals surface area contributed by atoms with Gasteiger partial charge in [-0.25, -0.2) is 15.0 Å². The van der Waals surface area contributed by atoms with Crippen molar-refractivity contribution >= 4 is 42.3 Å². The van der Waals surface area contributed by atoms with Crippen LogP contribution < -0.4 is 0 Å². The molecule has 0 N–H and O–H groups in total. The molecule has 0 aliphatic rings. The maximum Gasteiger partial charge on any atom is 0.164 e. The first-order valence-corrected chi connectivity index (χ1v) is 16.5. The number of thiophene rings is 1. The topological polar surface area (TPSA) is 38.7 Å². The van der Waals surface area contributed by atoms with Crippen molar-refractivity contribution in [1.29, 1.82) is 0 Å². The van der Waals surface area contributed by atoms with Crippen LogP contribution >= 0.6 is 11.3 Å². The summed E-state index contributed by atoms with van der Waals surface area (Å²) in [6.45, 7) is 0. The Balaban J connectivity index is 1.16. The predicted octanol–water partition coefficient (Wildman–Crippen LogP) is 11.7. The molecular formula is C43H27N3S. The minimum absolute atomic E-state index is 0.648. The summed E-state index contributed by atoms with van der Waals surface area (Å²) in [5.74, 6) is 1.95. The second-order valence-corrected chi connectivity index (χ2v) is 12.7. The number of aromatic nitrogens is 3. The Labute approximate surface area is 276 Å². The largest absolute Gasteiger partial charge is 0.208 e. The summed E-state index contributed by atoms with van der Waals surface area (Å²) < 4.78 is 2.59. The highest BCUT2D eigenvalue weighted by molar-refractivity contribution is 7.25. The number of benzene rings is 7. The number of rotatable bonds is 5. The van der Waals surface area contributed by atoms with Crippen LogP contribution in [0.1, 0.15) is 0 Å². The number of fused-ring (bicyclic) bond motifs is 4. The Morgan fingerprint density at radius 3 is 1.70 bits per heavy atom. The normalized spacial score (nSPS) is 11.4. The molecule has 0 saturated heterocycles. The molecule has 0 saturated carbocycles. The maximum absolute atomic E-state index is 5.07. The molecule has 0 atom stereocenters. The van der Waals surface area contributed by atoms with Gasteiger partial charge < -0.3 is 0 Å². The van der Waals surface area contributed by atoms with Crippen LogP contribution in [-0.4, -0.2) is 15.0 Å². The van der Waals surface area contributed by atoms with Gasteiger partial charge in [0, 0.05) is 36.9 Å². The lowest BCUT2D eigenvalue weighted by atomic mass is 9.97. The molecule has 2 heterocycles. The van der Waals surface area contributed by atoms with Gasteiger partial charge in [0.05, 0.1) is 0 Å². The second-order valence-electron chi connectivity index (χ2n) is 11.6. The average Bonchev–Trinajstić information content (AvgIpc) is 3.54. The molecule has 0 unspecified atom stereocenters. The highest BCUT2D eigenvalue weighted by Crippen LogP contribution is 2.40. The van der Waals surface area contributed by atoms with Crippen molar-refractivity contribution in [3.63, 3.8) is 0 Å². The van der Waals surface area contributed by atoms with Crippen LogP contribution in [0.25, 0.3) is 87.4 Å². The van der Waals surface area contributed by atoms with Gasteiger partial charge in [-0.1, -0.05) is 146 Å². The fraction of sp³-hybridized carbons (Fsp3) is 0. The molecule has 220 valence electrons. The van der Waals surface area contributed by atoms with Crippen molar-refractivity contribution in [3.05, 3.63) is 164 Å². The summed E-state index contributed by atoms with van der Waals surface area (Å²) in [7, 11) is 0. The van der Waals surface area contributed by atoms with Crippen molar-refractivity contribution in [3.8, 4) is 56.4 Å². The second kappa shape index (κ2) is 11.4. The molecule has 0 amide bonds. The third kappa shape index (κ3) is 4.96. The van der Waals surface area contributed by atoms with E-state index in [-0.39, 0.29) is 0 Å². The Hall–Kier alpha value is -5.97. The van der Waals surface area contributed by atoms with Gasteiger partial charge in [-0.3, -0.25) is 0 Å². The first kappa shape index (κ1) is 27.3. The third-order valence-electron chi connectivity index (χ3n) is 8.75. The van der Waals surface area contributed by atoms with E-state index in [1.807, 2.05) is 41.7 Å². The highest BCUT2D eigenvalue weighted by Gasteiger charge is 2.15. The lowest BCUT2D eigenvalue weighted by Crippen LogP contribution is -2.00. The Morgan fingerprint density at radius 1 is 0.340 bits per heavy atom. The summed E-state index contributed by atoms with van der Waals surface area (Å²) >= 11 is 1.84. The molecule has 3 nitrogen and oxygen atoms in total. The summed E-state index contributed by atoms with van der Waals surface area (Å²) in [5.41, 5.74) is 7.57. The zero-order valence-electron chi connectivity index (χ0n) is 25.3. The lowest BCUT2D eigenvalue weighted by molar-refractivity contribution is 1.07. The van der Waals surface area contributed by atoms with Crippen LogP contribution in [0.15, 0.2) is 164 Å².